The lowest BCUT2D eigenvalue weighted by Crippen LogP contribution is -2.42. The summed E-state index contributed by atoms with van der Waals surface area (Å²) >= 11 is 0. The van der Waals surface area contributed by atoms with Gasteiger partial charge in [0.1, 0.15) is 5.52 Å². The van der Waals surface area contributed by atoms with Crippen molar-refractivity contribution in [1.29, 1.82) is 0 Å². The minimum atomic E-state index is -1.63. The number of hydrogen-bond donors (Lipinski definition) is 0. The average Bonchev–Trinajstić information content (AvgIpc) is 3.12. The van der Waals surface area contributed by atoms with Crippen LogP contribution < -0.4 is 0 Å². The van der Waals surface area contributed by atoms with E-state index in [4.69, 9.17) is 8.84 Å². The zero-order chi connectivity index (χ0) is 17.4. The number of aromatic nitrogens is 1. The fourth-order valence-electron chi connectivity index (χ4n) is 2.97. The summed E-state index contributed by atoms with van der Waals surface area (Å²) in [6.45, 7) is 15.7. The SMILES string of the molecule is CC(C)(C)[Si](C)(C)OCC1CCN(Cc2cnc3ccoc3c2)C1. The predicted octanol–water partition coefficient (Wildman–Crippen LogP) is 4.67. The predicted molar refractivity (Wildman–Crippen MR) is 101 cm³/mol. The normalized spacial score (nSPS) is 20.1. The molecule has 2 aromatic heterocycles. The molecule has 1 aliphatic rings. The highest BCUT2D eigenvalue weighted by Crippen LogP contribution is 2.37. The molecule has 3 rings (SSSR count). The summed E-state index contributed by atoms with van der Waals surface area (Å²) in [5.41, 5.74) is 3.04. The molecule has 24 heavy (non-hydrogen) atoms. The first-order valence-corrected chi connectivity index (χ1v) is 11.8. The van der Waals surface area contributed by atoms with E-state index in [2.05, 4.69) is 49.8 Å². The first-order chi connectivity index (χ1) is 11.2. The summed E-state index contributed by atoms with van der Waals surface area (Å²) < 4.78 is 11.9. The van der Waals surface area contributed by atoms with E-state index in [0.29, 0.717) is 5.92 Å². The Morgan fingerprint density at radius 3 is 2.92 bits per heavy atom. The lowest BCUT2D eigenvalue weighted by Gasteiger charge is -2.37. The van der Waals surface area contributed by atoms with E-state index < -0.39 is 8.32 Å². The molecular weight excluding hydrogens is 316 g/mol. The maximum atomic E-state index is 6.41. The topological polar surface area (TPSA) is 38.5 Å². The molecule has 1 atom stereocenters. The third-order valence-corrected chi connectivity index (χ3v) is 10.1. The van der Waals surface area contributed by atoms with Crippen molar-refractivity contribution >= 4 is 19.4 Å². The number of nitrogens with zero attached hydrogens (tertiary/aromatic N) is 2. The van der Waals surface area contributed by atoms with Gasteiger partial charge in [-0.2, -0.15) is 0 Å². The van der Waals surface area contributed by atoms with Crippen molar-refractivity contribution in [3.63, 3.8) is 0 Å². The highest BCUT2D eigenvalue weighted by atomic mass is 28.4. The molecule has 0 aliphatic carbocycles. The van der Waals surface area contributed by atoms with Crippen LogP contribution in [-0.2, 0) is 11.0 Å². The Morgan fingerprint density at radius 1 is 1.38 bits per heavy atom. The highest BCUT2D eigenvalue weighted by Gasteiger charge is 2.38. The third kappa shape index (κ3) is 3.90. The lowest BCUT2D eigenvalue weighted by atomic mass is 10.1. The molecule has 0 spiro atoms. The van der Waals surface area contributed by atoms with Crippen LogP contribution in [0.2, 0.25) is 18.1 Å². The standard InChI is InChI=1S/C19H30N2O2Si/c1-19(2,3)24(4,5)23-14-15-6-8-21(12-15)13-16-10-18-17(20-11-16)7-9-22-18/h7,9-11,15H,6,8,12-14H2,1-5H3. The zero-order valence-corrected chi connectivity index (χ0v) is 16.6. The third-order valence-electron chi connectivity index (χ3n) is 5.62. The van der Waals surface area contributed by atoms with Gasteiger partial charge in [0.15, 0.2) is 13.9 Å². The van der Waals surface area contributed by atoms with E-state index in [9.17, 15) is 0 Å². The minimum absolute atomic E-state index is 0.287. The number of fused-ring (bicyclic) bond motifs is 1. The number of rotatable bonds is 5. The molecule has 5 heteroatoms. The Balaban J connectivity index is 1.52. The molecule has 3 heterocycles. The van der Waals surface area contributed by atoms with Crippen LogP contribution >= 0.6 is 0 Å². The summed E-state index contributed by atoms with van der Waals surface area (Å²) in [7, 11) is -1.63. The van der Waals surface area contributed by atoms with Crippen LogP contribution in [0, 0.1) is 5.92 Å². The molecule has 2 aromatic rings. The van der Waals surface area contributed by atoms with Gasteiger partial charge in [-0.25, -0.2) is 0 Å². The number of pyridine rings is 1. The van der Waals surface area contributed by atoms with Crippen LogP contribution in [0.5, 0.6) is 0 Å². The van der Waals surface area contributed by atoms with Crippen molar-refractivity contribution < 1.29 is 8.84 Å². The molecule has 0 saturated carbocycles. The monoisotopic (exact) mass is 346 g/mol. The first-order valence-electron chi connectivity index (χ1n) is 8.93. The van der Waals surface area contributed by atoms with Gasteiger partial charge in [-0.15, -0.1) is 0 Å². The van der Waals surface area contributed by atoms with Gasteiger partial charge in [0.2, 0.25) is 0 Å². The Kier molecular flexibility index (Phi) is 4.86. The zero-order valence-electron chi connectivity index (χ0n) is 15.6. The van der Waals surface area contributed by atoms with Gasteiger partial charge in [0.05, 0.1) is 6.26 Å². The summed E-state index contributed by atoms with van der Waals surface area (Å²) in [6.07, 6.45) is 4.90. The Morgan fingerprint density at radius 2 is 2.17 bits per heavy atom. The van der Waals surface area contributed by atoms with Crippen LogP contribution in [0.15, 0.2) is 29.0 Å². The van der Waals surface area contributed by atoms with Gasteiger partial charge in [-0.1, -0.05) is 20.8 Å². The number of furan rings is 1. The molecule has 1 unspecified atom stereocenters. The molecular formula is C19H30N2O2Si. The van der Waals surface area contributed by atoms with Crippen LogP contribution in [0.4, 0.5) is 0 Å². The Labute approximate surface area is 146 Å². The minimum Gasteiger partial charge on any atom is -0.463 e. The molecule has 0 amide bonds. The van der Waals surface area contributed by atoms with Gasteiger partial charge in [-0.3, -0.25) is 9.88 Å². The van der Waals surface area contributed by atoms with Crippen molar-refractivity contribution in [2.24, 2.45) is 5.92 Å². The van der Waals surface area contributed by atoms with Crippen LogP contribution in [0.3, 0.4) is 0 Å². The lowest BCUT2D eigenvalue weighted by molar-refractivity contribution is 0.221. The van der Waals surface area contributed by atoms with Gasteiger partial charge in [-0.05, 0) is 48.6 Å². The largest absolute Gasteiger partial charge is 0.463 e. The second kappa shape index (κ2) is 6.62. The van der Waals surface area contributed by atoms with Crippen molar-refractivity contribution in [2.45, 2.75) is 51.9 Å². The smallest absolute Gasteiger partial charge is 0.191 e. The second-order valence-electron chi connectivity index (χ2n) is 8.61. The number of likely N-dealkylation sites (tertiary alicyclic amines) is 1. The molecule has 0 bridgehead atoms. The molecule has 0 radical (unpaired) electrons. The van der Waals surface area contributed by atoms with Crippen LogP contribution in [0.1, 0.15) is 32.8 Å². The van der Waals surface area contributed by atoms with Gasteiger partial charge >= 0.3 is 0 Å². The summed E-state index contributed by atoms with van der Waals surface area (Å²) in [5, 5.41) is 0.287. The average molecular weight is 347 g/mol. The van der Waals surface area contributed by atoms with E-state index in [1.54, 1.807) is 6.26 Å². The van der Waals surface area contributed by atoms with Gasteiger partial charge in [0, 0.05) is 32.0 Å². The van der Waals surface area contributed by atoms with Crippen molar-refractivity contribution in [2.75, 3.05) is 19.7 Å². The maximum Gasteiger partial charge on any atom is 0.191 e. The molecule has 0 aromatic carbocycles. The van der Waals surface area contributed by atoms with Gasteiger partial charge < -0.3 is 8.84 Å². The Hall–Kier alpha value is -1.17. The van der Waals surface area contributed by atoms with E-state index in [-0.39, 0.29) is 5.04 Å². The van der Waals surface area contributed by atoms with Gasteiger partial charge in [0.25, 0.3) is 0 Å². The second-order valence-corrected chi connectivity index (χ2v) is 13.4. The van der Waals surface area contributed by atoms with E-state index in [1.165, 1.54) is 12.0 Å². The summed E-state index contributed by atoms with van der Waals surface area (Å²) in [4.78, 5) is 6.96. The quantitative estimate of drug-likeness (QED) is 0.737. The number of hydrogen-bond acceptors (Lipinski definition) is 4. The van der Waals surface area contributed by atoms with E-state index in [1.807, 2.05) is 12.3 Å². The molecule has 1 aliphatic heterocycles. The molecule has 4 nitrogen and oxygen atoms in total. The molecule has 0 N–H and O–H groups in total. The van der Waals surface area contributed by atoms with E-state index >= 15 is 0 Å². The Bertz CT molecular complexity index is 690. The fourth-order valence-corrected chi connectivity index (χ4v) is 4.05. The fraction of sp³-hybridized carbons (Fsp3) is 0.632. The highest BCUT2D eigenvalue weighted by molar-refractivity contribution is 6.74. The first kappa shape index (κ1) is 17.6. The van der Waals surface area contributed by atoms with Crippen molar-refractivity contribution in [3.8, 4) is 0 Å². The van der Waals surface area contributed by atoms with Crippen molar-refractivity contribution in [1.82, 2.24) is 9.88 Å². The summed E-state index contributed by atoms with van der Waals surface area (Å²) in [5.74, 6) is 0.652. The molecule has 1 saturated heterocycles. The van der Waals surface area contributed by atoms with Crippen LogP contribution in [0.25, 0.3) is 11.1 Å². The maximum absolute atomic E-state index is 6.41. The van der Waals surface area contributed by atoms with Crippen LogP contribution in [-0.4, -0.2) is 37.9 Å². The van der Waals surface area contributed by atoms with E-state index in [0.717, 1.165) is 37.3 Å². The summed E-state index contributed by atoms with van der Waals surface area (Å²) in [6, 6.07) is 4.02. The molecule has 1 fully saturated rings. The molecule has 132 valence electrons. The van der Waals surface area contributed by atoms with Crippen molar-refractivity contribution in [3.05, 3.63) is 30.2 Å².